The highest BCUT2D eigenvalue weighted by atomic mass is 16.5. The maximum Gasteiger partial charge on any atom is 0.337 e. The van der Waals surface area contributed by atoms with Gasteiger partial charge in [0.1, 0.15) is 5.75 Å². The minimum Gasteiger partial charge on any atom is -0.497 e. The Labute approximate surface area is 209 Å². The molecule has 0 radical (unpaired) electrons. The van der Waals surface area contributed by atoms with Crippen molar-refractivity contribution in [2.75, 3.05) is 50.2 Å². The normalized spacial score (nSPS) is 13.6. The molecule has 4 aromatic rings. The molecule has 0 amide bonds. The van der Waals surface area contributed by atoms with Gasteiger partial charge < -0.3 is 19.3 Å². The molecule has 0 unspecified atom stereocenters. The molecular formula is C28H28N4O4. The number of benzene rings is 3. The van der Waals surface area contributed by atoms with Gasteiger partial charge in [0.05, 0.1) is 36.4 Å². The van der Waals surface area contributed by atoms with Gasteiger partial charge in [-0.3, -0.25) is 4.79 Å². The second-order valence-corrected chi connectivity index (χ2v) is 8.79. The van der Waals surface area contributed by atoms with Gasteiger partial charge in [-0.2, -0.15) is 0 Å². The number of ether oxygens (including phenoxy) is 2. The van der Waals surface area contributed by atoms with Crippen LogP contribution in [0.3, 0.4) is 0 Å². The molecule has 3 aromatic carbocycles. The van der Waals surface area contributed by atoms with Crippen molar-refractivity contribution in [3.05, 3.63) is 88.2 Å². The standard InChI is InChI=1S/C28H28N4O4/c1-19-5-4-6-22(17-19)32-26(33)24-12-7-20(27(34)36-3)18-25(24)29-28(32)31-15-13-30(14-16-31)21-8-10-23(35-2)11-9-21/h4-12,17-18H,13-16H2,1-3H3. The summed E-state index contributed by atoms with van der Waals surface area (Å²) in [4.78, 5) is 35.2. The fraction of sp³-hybridized carbons (Fsp3) is 0.250. The monoisotopic (exact) mass is 484 g/mol. The Morgan fingerprint density at radius 1 is 0.861 bits per heavy atom. The van der Waals surface area contributed by atoms with Crippen molar-refractivity contribution in [2.24, 2.45) is 0 Å². The van der Waals surface area contributed by atoms with Gasteiger partial charge in [0.25, 0.3) is 5.56 Å². The molecule has 0 spiro atoms. The number of hydrogen-bond acceptors (Lipinski definition) is 7. The lowest BCUT2D eigenvalue weighted by Crippen LogP contribution is -2.48. The maximum absolute atomic E-state index is 13.8. The first-order chi connectivity index (χ1) is 17.5. The number of methoxy groups -OCH3 is 2. The summed E-state index contributed by atoms with van der Waals surface area (Å²) in [5.74, 6) is 0.928. The van der Waals surface area contributed by atoms with Crippen LogP contribution in [0.5, 0.6) is 5.75 Å². The molecule has 1 aliphatic rings. The van der Waals surface area contributed by atoms with Crippen LogP contribution in [0, 0.1) is 6.92 Å². The molecule has 0 saturated carbocycles. The van der Waals surface area contributed by atoms with Crippen molar-refractivity contribution in [1.82, 2.24) is 9.55 Å². The lowest BCUT2D eigenvalue weighted by Gasteiger charge is -2.37. The summed E-state index contributed by atoms with van der Waals surface area (Å²) in [7, 11) is 3.00. The van der Waals surface area contributed by atoms with Crippen LogP contribution in [-0.2, 0) is 4.74 Å². The molecule has 36 heavy (non-hydrogen) atoms. The van der Waals surface area contributed by atoms with Crippen molar-refractivity contribution >= 4 is 28.5 Å². The Balaban J connectivity index is 1.55. The van der Waals surface area contributed by atoms with Crippen molar-refractivity contribution in [3.63, 3.8) is 0 Å². The van der Waals surface area contributed by atoms with E-state index in [4.69, 9.17) is 14.5 Å². The molecule has 0 bridgehead atoms. The topological polar surface area (TPSA) is 76.9 Å². The van der Waals surface area contributed by atoms with Crippen LogP contribution in [0.15, 0.2) is 71.5 Å². The largest absolute Gasteiger partial charge is 0.497 e. The summed E-state index contributed by atoms with van der Waals surface area (Å²) >= 11 is 0. The number of aromatic nitrogens is 2. The van der Waals surface area contributed by atoms with Crippen molar-refractivity contribution in [1.29, 1.82) is 0 Å². The van der Waals surface area contributed by atoms with E-state index in [2.05, 4.69) is 21.9 Å². The van der Waals surface area contributed by atoms with Gasteiger partial charge in [-0.25, -0.2) is 14.3 Å². The quantitative estimate of drug-likeness (QED) is 0.399. The molecule has 2 heterocycles. The number of fused-ring (bicyclic) bond motifs is 1. The van der Waals surface area contributed by atoms with E-state index in [1.165, 1.54) is 7.11 Å². The lowest BCUT2D eigenvalue weighted by molar-refractivity contribution is 0.0601. The van der Waals surface area contributed by atoms with Gasteiger partial charge in [-0.1, -0.05) is 12.1 Å². The van der Waals surface area contributed by atoms with E-state index in [0.717, 1.165) is 35.8 Å². The van der Waals surface area contributed by atoms with E-state index in [9.17, 15) is 9.59 Å². The molecule has 1 fully saturated rings. The summed E-state index contributed by atoms with van der Waals surface area (Å²) in [6.07, 6.45) is 0. The third-order valence-corrected chi connectivity index (χ3v) is 6.53. The summed E-state index contributed by atoms with van der Waals surface area (Å²) in [5, 5.41) is 0.449. The number of nitrogens with zero attached hydrogens (tertiary/aromatic N) is 4. The first-order valence-electron chi connectivity index (χ1n) is 11.8. The predicted octanol–water partition coefficient (Wildman–Crippen LogP) is 3.82. The minimum atomic E-state index is -0.462. The fourth-order valence-corrected chi connectivity index (χ4v) is 4.59. The number of rotatable bonds is 5. The smallest absolute Gasteiger partial charge is 0.337 e. The average molecular weight is 485 g/mol. The highest BCUT2D eigenvalue weighted by Gasteiger charge is 2.24. The molecule has 0 N–H and O–H groups in total. The zero-order chi connectivity index (χ0) is 25.2. The van der Waals surface area contributed by atoms with Crippen LogP contribution in [0.4, 0.5) is 11.6 Å². The Bertz CT molecular complexity index is 1470. The number of carbonyl (C=O) groups is 1. The maximum atomic E-state index is 13.8. The Kier molecular flexibility index (Phi) is 6.33. The van der Waals surface area contributed by atoms with E-state index < -0.39 is 5.97 Å². The lowest BCUT2D eigenvalue weighted by atomic mass is 10.1. The van der Waals surface area contributed by atoms with Crippen LogP contribution >= 0.6 is 0 Å². The first kappa shape index (κ1) is 23.4. The minimum absolute atomic E-state index is 0.172. The van der Waals surface area contributed by atoms with E-state index in [-0.39, 0.29) is 5.56 Å². The van der Waals surface area contributed by atoms with Gasteiger partial charge in [0.15, 0.2) is 0 Å². The fourth-order valence-electron chi connectivity index (χ4n) is 4.59. The summed E-state index contributed by atoms with van der Waals surface area (Å²) in [6.45, 7) is 4.92. The molecule has 184 valence electrons. The highest BCUT2D eigenvalue weighted by molar-refractivity contribution is 5.94. The van der Waals surface area contributed by atoms with E-state index in [1.54, 1.807) is 29.9 Å². The second kappa shape index (κ2) is 9.73. The average Bonchev–Trinajstić information content (AvgIpc) is 2.92. The molecule has 1 aliphatic heterocycles. The van der Waals surface area contributed by atoms with E-state index in [1.807, 2.05) is 43.3 Å². The van der Waals surface area contributed by atoms with Crippen molar-refractivity contribution < 1.29 is 14.3 Å². The van der Waals surface area contributed by atoms with Gasteiger partial charge in [-0.15, -0.1) is 0 Å². The number of carbonyl (C=O) groups excluding carboxylic acids is 1. The summed E-state index contributed by atoms with van der Waals surface area (Å²) in [5.41, 5.74) is 3.60. The zero-order valence-electron chi connectivity index (χ0n) is 20.6. The number of esters is 1. The number of anilines is 2. The van der Waals surface area contributed by atoms with Crippen LogP contribution in [0.25, 0.3) is 16.6 Å². The summed E-state index contributed by atoms with van der Waals surface area (Å²) < 4.78 is 11.8. The third kappa shape index (κ3) is 4.37. The van der Waals surface area contributed by atoms with Crippen LogP contribution in [0.1, 0.15) is 15.9 Å². The van der Waals surface area contributed by atoms with Crippen molar-refractivity contribution in [2.45, 2.75) is 6.92 Å². The predicted molar refractivity (Wildman–Crippen MR) is 141 cm³/mol. The molecule has 0 atom stereocenters. The molecule has 5 rings (SSSR count). The van der Waals surface area contributed by atoms with Crippen molar-refractivity contribution in [3.8, 4) is 11.4 Å². The van der Waals surface area contributed by atoms with Gasteiger partial charge >= 0.3 is 5.97 Å². The highest BCUT2D eigenvalue weighted by Crippen LogP contribution is 2.25. The number of piperazine rings is 1. The van der Waals surface area contributed by atoms with Gasteiger partial charge in [-0.05, 0) is 67.1 Å². The Morgan fingerprint density at radius 2 is 1.58 bits per heavy atom. The SMILES string of the molecule is COC(=O)c1ccc2c(=O)n(-c3cccc(C)c3)c(N3CCN(c4ccc(OC)cc4)CC3)nc2c1. The molecule has 8 nitrogen and oxygen atoms in total. The Hall–Kier alpha value is -4.33. The number of aryl methyl sites for hydroxylation is 1. The second-order valence-electron chi connectivity index (χ2n) is 8.79. The molecule has 0 aliphatic carbocycles. The summed E-state index contributed by atoms with van der Waals surface area (Å²) in [6, 6.07) is 20.7. The molecule has 1 saturated heterocycles. The first-order valence-corrected chi connectivity index (χ1v) is 11.8. The third-order valence-electron chi connectivity index (χ3n) is 6.53. The van der Waals surface area contributed by atoms with Gasteiger partial charge in [0, 0.05) is 31.9 Å². The molecule has 8 heteroatoms. The van der Waals surface area contributed by atoms with Gasteiger partial charge in [0.2, 0.25) is 5.95 Å². The van der Waals surface area contributed by atoms with E-state index >= 15 is 0 Å². The zero-order valence-corrected chi connectivity index (χ0v) is 20.6. The molecule has 1 aromatic heterocycles. The molecular weight excluding hydrogens is 456 g/mol. The van der Waals surface area contributed by atoms with Crippen LogP contribution in [0.2, 0.25) is 0 Å². The van der Waals surface area contributed by atoms with Crippen LogP contribution in [-0.4, -0.2) is 55.9 Å². The van der Waals surface area contributed by atoms with Crippen LogP contribution < -0.4 is 20.1 Å². The Morgan fingerprint density at radius 3 is 2.25 bits per heavy atom. The number of hydrogen-bond donors (Lipinski definition) is 0. The van der Waals surface area contributed by atoms with E-state index in [0.29, 0.717) is 35.5 Å².